The molecule has 0 spiro atoms. The van der Waals surface area contributed by atoms with Crippen LogP contribution in [0.1, 0.15) is 6.92 Å². The smallest absolute Gasteiger partial charge is 0.240 e. The van der Waals surface area contributed by atoms with Crippen LogP contribution in [-0.4, -0.2) is 32.5 Å². The third kappa shape index (κ3) is 3.12. The third-order valence-electron chi connectivity index (χ3n) is 0.864. The quantitative estimate of drug-likeness (QED) is 0.440. The second kappa shape index (κ2) is 3.03. The minimum Gasteiger partial charge on any atom is -0.240 e. The van der Waals surface area contributed by atoms with Crippen molar-refractivity contribution in [3.05, 3.63) is 0 Å². The maximum Gasteiger partial charge on any atom is 0.448 e. The lowest BCUT2D eigenvalue weighted by atomic mass is 10.8. The molecule has 0 aromatic rings. The lowest BCUT2D eigenvalue weighted by molar-refractivity contribution is -0.629. The number of hydrogen-bond donors (Lipinski definition) is 3. The Morgan fingerprint density at radius 3 is 1.36 bits per heavy atom. The molecule has 0 radical (unpaired) electrons. The zero-order chi connectivity index (χ0) is 9.28. The minimum absolute atomic E-state index is 0.475. The summed E-state index contributed by atoms with van der Waals surface area (Å²) in [6.45, 7) is 0.703. The lowest BCUT2D eigenvalue weighted by Gasteiger charge is -2.06. The van der Waals surface area contributed by atoms with Crippen LogP contribution >= 0.6 is 0 Å². The fourth-order valence-electron chi connectivity index (χ4n) is 0.498. The summed E-state index contributed by atoms with van der Waals surface area (Å²) in [7, 11) is -9.59. The van der Waals surface area contributed by atoms with E-state index in [1.807, 2.05) is 0 Å². The summed E-state index contributed by atoms with van der Waals surface area (Å²) in [5.41, 5.74) is 0. The van der Waals surface area contributed by atoms with Gasteiger partial charge in [-0.2, -0.15) is 0 Å². The molecule has 0 bridgehead atoms. The van der Waals surface area contributed by atoms with Gasteiger partial charge in [-0.15, -0.1) is 16.8 Å². The van der Waals surface area contributed by atoms with Crippen LogP contribution in [-0.2, 0) is 20.6 Å². The standard InChI is InChI=1S/C2H7NO6S2/c1-2-3(10(4,5)6)11(7,8)9/h2H2,1H3,(H,4,5,6)(H,7,8,9)/p+1. The van der Waals surface area contributed by atoms with Crippen LogP contribution in [0.2, 0.25) is 0 Å². The summed E-state index contributed by atoms with van der Waals surface area (Å²) < 4.78 is 55.9. The Morgan fingerprint density at radius 1 is 1.09 bits per heavy atom. The van der Waals surface area contributed by atoms with Gasteiger partial charge in [-0.05, 0) is 6.92 Å². The first kappa shape index (κ1) is 10.8. The van der Waals surface area contributed by atoms with E-state index >= 15 is 0 Å². The van der Waals surface area contributed by atoms with Gasteiger partial charge in [0, 0.05) is 0 Å². The molecule has 0 amide bonds. The fraction of sp³-hybridized carbons (Fsp3) is 1.00. The van der Waals surface area contributed by atoms with Crippen molar-refractivity contribution in [2.45, 2.75) is 6.92 Å². The molecule has 0 heterocycles. The van der Waals surface area contributed by atoms with Crippen molar-refractivity contribution in [1.29, 1.82) is 0 Å². The summed E-state index contributed by atoms with van der Waals surface area (Å²) in [6.07, 6.45) is 0. The van der Waals surface area contributed by atoms with Gasteiger partial charge >= 0.3 is 20.6 Å². The Morgan fingerprint density at radius 2 is 1.36 bits per heavy atom. The maximum absolute atomic E-state index is 10.2. The van der Waals surface area contributed by atoms with Gasteiger partial charge in [0.2, 0.25) is 0 Å². The molecule has 0 atom stereocenters. The van der Waals surface area contributed by atoms with E-state index in [0.717, 1.165) is 0 Å². The lowest BCUT2D eigenvalue weighted by Crippen LogP contribution is -3.15. The molecule has 3 N–H and O–H groups in total. The van der Waals surface area contributed by atoms with E-state index in [1.54, 1.807) is 0 Å². The third-order valence-corrected chi connectivity index (χ3v) is 3.86. The average molecular weight is 206 g/mol. The van der Waals surface area contributed by atoms with Crippen LogP contribution in [0.4, 0.5) is 0 Å². The Hall–Kier alpha value is -0.220. The molecular formula is C2H8NO6S2+. The largest absolute Gasteiger partial charge is 0.448 e. The summed E-state index contributed by atoms with van der Waals surface area (Å²) in [6, 6.07) is 0. The highest BCUT2D eigenvalue weighted by Gasteiger charge is 2.33. The van der Waals surface area contributed by atoms with Gasteiger partial charge in [-0.25, -0.2) is 9.11 Å². The molecule has 68 valence electrons. The number of nitrogens with one attached hydrogen (secondary N) is 1. The summed E-state index contributed by atoms with van der Waals surface area (Å²) >= 11 is 0. The first-order chi connectivity index (χ1) is 4.69. The first-order valence-corrected chi connectivity index (χ1v) is 5.38. The van der Waals surface area contributed by atoms with Gasteiger partial charge in [0.1, 0.15) is 6.54 Å². The highest BCUT2D eigenvalue weighted by atomic mass is 32.3. The molecular weight excluding hydrogens is 198 g/mol. The van der Waals surface area contributed by atoms with E-state index in [-0.39, 0.29) is 0 Å². The minimum atomic E-state index is -4.79. The normalized spacial score (nSPS) is 13.8. The molecule has 0 saturated heterocycles. The number of rotatable bonds is 3. The summed E-state index contributed by atoms with van der Waals surface area (Å²) in [4.78, 5) is 0. The van der Waals surface area contributed by atoms with Crippen LogP contribution in [0.3, 0.4) is 0 Å². The summed E-state index contributed by atoms with van der Waals surface area (Å²) in [5, 5.41) is 0. The Balaban J connectivity index is 5.05. The highest BCUT2D eigenvalue weighted by Crippen LogP contribution is 1.70. The molecule has 0 aromatic carbocycles. The highest BCUT2D eigenvalue weighted by molar-refractivity contribution is 7.91. The van der Waals surface area contributed by atoms with Crippen molar-refractivity contribution in [2.24, 2.45) is 0 Å². The SMILES string of the molecule is CC[NH+](S(=O)(=O)O)S(=O)(=O)O. The Kier molecular flexibility index (Phi) is 2.97. The van der Waals surface area contributed by atoms with Crippen molar-refractivity contribution in [3.8, 4) is 0 Å². The second-order valence-electron chi connectivity index (χ2n) is 1.68. The van der Waals surface area contributed by atoms with Crippen molar-refractivity contribution < 1.29 is 29.7 Å². The van der Waals surface area contributed by atoms with E-state index in [2.05, 4.69) is 0 Å². The van der Waals surface area contributed by atoms with Crippen molar-refractivity contribution in [2.75, 3.05) is 6.54 Å². The molecule has 0 aliphatic carbocycles. The molecule has 0 aliphatic rings. The molecule has 0 saturated carbocycles. The molecule has 11 heavy (non-hydrogen) atoms. The van der Waals surface area contributed by atoms with E-state index in [4.69, 9.17) is 9.11 Å². The van der Waals surface area contributed by atoms with Gasteiger partial charge < -0.3 is 0 Å². The van der Waals surface area contributed by atoms with Gasteiger partial charge in [-0.3, -0.25) is 0 Å². The number of quaternary nitrogens is 1. The molecule has 9 heteroatoms. The number of hydrogen-bond acceptors (Lipinski definition) is 4. The van der Waals surface area contributed by atoms with Crippen LogP contribution < -0.4 is 3.71 Å². The molecule has 0 aromatic heterocycles. The van der Waals surface area contributed by atoms with Crippen LogP contribution in [0.5, 0.6) is 0 Å². The van der Waals surface area contributed by atoms with Gasteiger partial charge in [0.25, 0.3) is 0 Å². The maximum atomic E-state index is 10.2. The van der Waals surface area contributed by atoms with Gasteiger partial charge in [0.05, 0.1) is 0 Å². The van der Waals surface area contributed by atoms with Gasteiger partial charge in [-0.1, -0.05) is 3.71 Å². The molecule has 0 aliphatic heterocycles. The topological polar surface area (TPSA) is 113 Å². The predicted octanol–water partition coefficient (Wildman–Crippen LogP) is -2.50. The van der Waals surface area contributed by atoms with Crippen molar-refractivity contribution >= 4 is 20.6 Å². The average Bonchev–Trinajstić information content (AvgIpc) is 1.56. The van der Waals surface area contributed by atoms with Crippen LogP contribution in [0.15, 0.2) is 0 Å². The second-order valence-corrected chi connectivity index (χ2v) is 4.82. The van der Waals surface area contributed by atoms with E-state index in [9.17, 15) is 16.8 Å². The van der Waals surface area contributed by atoms with E-state index in [1.165, 1.54) is 6.92 Å². The molecule has 0 fully saturated rings. The Labute approximate surface area is 64.4 Å². The summed E-state index contributed by atoms with van der Waals surface area (Å²) in [5.74, 6) is 0. The monoisotopic (exact) mass is 206 g/mol. The van der Waals surface area contributed by atoms with Crippen molar-refractivity contribution in [1.82, 2.24) is 0 Å². The predicted molar refractivity (Wildman–Crippen MR) is 34.6 cm³/mol. The fourth-order valence-corrected chi connectivity index (χ4v) is 2.29. The zero-order valence-corrected chi connectivity index (χ0v) is 7.18. The van der Waals surface area contributed by atoms with E-state index in [0.29, 0.717) is 0 Å². The van der Waals surface area contributed by atoms with Gasteiger partial charge in [0.15, 0.2) is 0 Å². The molecule has 0 rings (SSSR count). The molecule has 0 unspecified atom stereocenters. The first-order valence-electron chi connectivity index (χ1n) is 2.50. The molecule has 7 nitrogen and oxygen atoms in total. The zero-order valence-electron chi connectivity index (χ0n) is 5.55. The van der Waals surface area contributed by atoms with Crippen LogP contribution in [0.25, 0.3) is 0 Å². The van der Waals surface area contributed by atoms with E-state index < -0.39 is 30.9 Å². The van der Waals surface area contributed by atoms with Crippen LogP contribution in [0, 0.1) is 0 Å². The Bertz CT molecular complexity index is 280. The van der Waals surface area contributed by atoms with Crippen molar-refractivity contribution in [3.63, 3.8) is 0 Å².